The molecule has 0 aliphatic carbocycles. The molecule has 4 aromatic carbocycles. The van der Waals surface area contributed by atoms with Gasteiger partial charge in [-0.15, -0.1) is 0 Å². The van der Waals surface area contributed by atoms with Crippen molar-refractivity contribution < 1.29 is 10.2 Å². The first-order valence-corrected chi connectivity index (χ1v) is 7.89. The van der Waals surface area contributed by atoms with Crippen LogP contribution < -0.4 is 0 Å². The molecule has 4 nitrogen and oxygen atoms in total. The Bertz CT molecular complexity index is 1180. The summed E-state index contributed by atoms with van der Waals surface area (Å²) in [5.74, 6) is 0.0928. The van der Waals surface area contributed by atoms with Crippen LogP contribution in [0.4, 0.5) is 11.4 Å². The Morgan fingerprint density at radius 2 is 1.00 bits per heavy atom. The van der Waals surface area contributed by atoms with Gasteiger partial charge in [0.25, 0.3) is 0 Å². The Labute approximate surface area is 149 Å². The van der Waals surface area contributed by atoms with Crippen molar-refractivity contribution in [1.82, 2.24) is 0 Å². The lowest BCUT2D eigenvalue weighted by molar-refractivity contribution is 0.470. The van der Waals surface area contributed by atoms with Crippen LogP contribution in [0.3, 0.4) is 0 Å². The molecular formula is C22H12N2O2. The van der Waals surface area contributed by atoms with Crippen molar-refractivity contribution in [3.8, 4) is 22.6 Å². The fourth-order valence-corrected chi connectivity index (χ4v) is 3.28. The van der Waals surface area contributed by atoms with Crippen LogP contribution in [-0.2, 0) is 0 Å². The molecule has 122 valence electrons. The highest BCUT2D eigenvalue weighted by Gasteiger charge is 2.17. The molecule has 4 heteroatoms. The van der Waals surface area contributed by atoms with Gasteiger partial charge in [-0.05, 0) is 45.8 Å². The number of aromatic hydroxyl groups is 2. The summed E-state index contributed by atoms with van der Waals surface area (Å²) >= 11 is 0. The third-order valence-corrected chi connectivity index (χ3v) is 4.47. The number of rotatable bonds is 1. The molecule has 0 bridgehead atoms. The first kappa shape index (κ1) is 15.5. The third kappa shape index (κ3) is 2.30. The molecule has 0 aliphatic heterocycles. The molecule has 0 spiro atoms. The van der Waals surface area contributed by atoms with Crippen molar-refractivity contribution in [3.63, 3.8) is 0 Å². The summed E-state index contributed by atoms with van der Waals surface area (Å²) in [6.07, 6.45) is 0. The quantitative estimate of drug-likeness (QED) is 0.408. The summed E-state index contributed by atoms with van der Waals surface area (Å²) in [7, 11) is 0. The van der Waals surface area contributed by atoms with Gasteiger partial charge in [-0.1, -0.05) is 36.4 Å². The number of fused-ring (bicyclic) bond motifs is 2. The van der Waals surface area contributed by atoms with Gasteiger partial charge in [0.15, 0.2) is 11.4 Å². The van der Waals surface area contributed by atoms with Crippen molar-refractivity contribution >= 4 is 32.9 Å². The van der Waals surface area contributed by atoms with Gasteiger partial charge in [0.1, 0.15) is 11.5 Å². The van der Waals surface area contributed by atoms with Crippen molar-refractivity contribution in [3.05, 3.63) is 83.5 Å². The standard InChI is InChI=1S/C22H12N2O2/c1-23-15-5-7-17-13(11-15)3-9-19(25)21(17)22-18-8-6-16(24-2)12-14(18)4-10-20(22)26/h3-12,25-26H. The van der Waals surface area contributed by atoms with E-state index in [0.717, 1.165) is 21.5 Å². The molecule has 0 fully saturated rings. The molecular weight excluding hydrogens is 324 g/mol. The molecule has 0 heterocycles. The zero-order chi connectivity index (χ0) is 18.3. The van der Waals surface area contributed by atoms with E-state index in [1.54, 1.807) is 60.7 Å². The van der Waals surface area contributed by atoms with E-state index >= 15 is 0 Å². The lowest BCUT2D eigenvalue weighted by atomic mass is 9.92. The van der Waals surface area contributed by atoms with Crippen molar-refractivity contribution in [2.45, 2.75) is 0 Å². The second-order valence-electron chi connectivity index (χ2n) is 5.95. The monoisotopic (exact) mass is 336 g/mol. The SMILES string of the molecule is [C-]#[N+]c1ccc2c(-c3c(O)ccc4cc([N+]#[C-])ccc34)c(O)ccc2c1. The molecule has 0 aromatic heterocycles. The van der Waals surface area contributed by atoms with E-state index in [0.29, 0.717) is 22.5 Å². The number of phenols is 2. The van der Waals surface area contributed by atoms with Crippen molar-refractivity contribution in [2.24, 2.45) is 0 Å². The molecule has 0 saturated heterocycles. The Balaban J connectivity index is 2.13. The van der Waals surface area contributed by atoms with Crippen molar-refractivity contribution in [2.75, 3.05) is 0 Å². The molecule has 0 aliphatic rings. The highest BCUT2D eigenvalue weighted by Crippen LogP contribution is 2.45. The Hall–Kier alpha value is -4.02. The molecule has 4 rings (SSSR count). The van der Waals surface area contributed by atoms with Gasteiger partial charge in [0.05, 0.1) is 13.1 Å². The second-order valence-corrected chi connectivity index (χ2v) is 5.95. The van der Waals surface area contributed by atoms with Crippen LogP contribution in [0.2, 0.25) is 0 Å². The van der Waals surface area contributed by atoms with Gasteiger partial charge in [-0.25, -0.2) is 9.69 Å². The van der Waals surface area contributed by atoms with Crippen LogP contribution >= 0.6 is 0 Å². The van der Waals surface area contributed by atoms with E-state index in [4.69, 9.17) is 13.1 Å². The van der Waals surface area contributed by atoms with Gasteiger partial charge < -0.3 is 10.2 Å². The minimum Gasteiger partial charge on any atom is -0.507 e. The lowest BCUT2D eigenvalue weighted by Crippen LogP contribution is -1.87. The molecule has 0 radical (unpaired) electrons. The Morgan fingerprint density at radius 3 is 1.38 bits per heavy atom. The number of nitrogens with zero attached hydrogens (tertiary/aromatic N) is 2. The van der Waals surface area contributed by atoms with Crippen LogP contribution in [0, 0.1) is 13.1 Å². The van der Waals surface area contributed by atoms with Crippen LogP contribution in [0.25, 0.3) is 42.4 Å². The van der Waals surface area contributed by atoms with E-state index < -0.39 is 0 Å². The summed E-state index contributed by atoms with van der Waals surface area (Å²) < 4.78 is 0. The maximum absolute atomic E-state index is 10.6. The first-order chi connectivity index (χ1) is 12.6. The van der Waals surface area contributed by atoms with Crippen LogP contribution in [0.15, 0.2) is 60.7 Å². The average Bonchev–Trinajstić information content (AvgIpc) is 2.68. The molecule has 0 atom stereocenters. The maximum atomic E-state index is 10.6. The fourth-order valence-electron chi connectivity index (χ4n) is 3.28. The largest absolute Gasteiger partial charge is 0.507 e. The van der Waals surface area contributed by atoms with E-state index in [2.05, 4.69) is 9.69 Å². The minimum absolute atomic E-state index is 0.0464. The van der Waals surface area contributed by atoms with Crippen LogP contribution in [0.5, 0.6) is 11.5 Å². The number of phenolic OH excluding ortho intramolecular Hbond substituents is 2. The third-order valence-electron chi connectivity index (χ3n) is 4.47. The number of hydrogen-bond acceptors (Lipinski definition) is 2. The first-order valence-electron chi connectivity index (χ1n) is 7.89. The van der Waals surface area contributed by atoms with Gasteiger partial charge in [-0.3, -0.25) is 0 Å². The van der Waals surface area contributed by atoms with Gasteiger partial charge in [0, 0.05) is 11.1 Å². The maximum Gasteiger partial charge on any atom is 0.187 e. The van der Waals surface area contributed by atoms with Crippen LogP contribution in [0.1, 0.15) is 0 Å². The topological polar surface area (TPSA) is 49.2 Å². The van der Waals surface area contributed by atoms with E-state index in [1.807, 2.05) is 0 Å². The zero-order valence-electron chi connectivity index (χ0n) is 13.6. The van der Waals surface area contributed by atoms with E-state index in [-0.39, 0.29) is 11.5 Å². The smallest absolute Gasteiger partial charge is 0.187 e. The molecule has 0 unspecified atom stereocenters. The normalized spacial score (nSPS) is 10.5. The fraction of sp³-hybridized carbons (Fsp3) is 0. The number of hydrogen-bond donors (Lipinski definition) is 2. The molecule has 0 amide bonds. The van der Waals surface area contributed by atoms with Crippen LogP contribution in [-0.4, -0.2) is 10.2 Å². The summed E-state index contributed by atoms with van der Waals surface area (Å²) in [6, 6.07) is 17.1. The second kappa shape index (κ2) is 5.81. The summed E-state index contributed by atoms with van der Waals surface area (Å²) in [5, 5.41) is 24.2. The van der Waals surface area contributed by atoms with E-state index in [1.165, 1.54) is 0 Å². The molecule has 26 heavy (non-hydrogen) atoms. The zero-order valence-corrected chi connectivity index (χ0v) is 13.6. The predicted molar refractivity (Wildman–Crippen MR) is 103 cm³/mol. The summed E-state index contributed by atoms with van der Waals surface area (Å²) in [4.78, 5) is 6.88. The minimum atomic E-state index is 0.0464. The summed E-state index contributed by atoms with van der Waals surface area (Å²) in [6.45, 7) is 14.3. The molecule has 2 N–H and O–H groups in total. The van der Waals surface area contributed by atoms with Gasteiger partial charge in [0.2, 0.25) is 0 Å². The summed E-state index contributed by atoms with van der Waals surface area (Å²) in [5.41, 5.74) is 2.05. The Kier molecular flexibility index (Phi) is 3.46. The highest BCUT2D eigenvalue weighted by atomic mass is 16.3. The predicted octanol–water partition coefficient (Wildman–Crippen LogP) is 6.17. The Morgan fingerprint density at radius 1 is 0.577 bits per heavy atom. The van der Waals surface area contributed by atoms with Gasteiger partial charge in [-0.2, -0.15) is 0 Å². The number of benzene rings is 4. The molecule has 0 saturated carbocycles. The van der Waals surface area contributed by atoms with E-state index in [9.17, 15) is 10.2 Å². The van der Waals surface area contributed by atoms with Crippen molar-refractivity contribution in [1.29, 1.82) is 0 Å². The van der Waals surface area contributed by atoms with Gasteiger partial charge >= 0.3 is 0 Å². The average molecular weight is 336 g/mol. The highest BCUT2D eigenvalue weighted by molar-refractivity contribution is 6.10. The molecule has 4 aromatic rings. The lowest BCUT2D eigenvalue weighted by Gasteiger charge is -2.14.